The van der Waals surface area contributed by atoms with E-state index < -0.39 is 5.82 Å². The summed E-state index contributed by atoms with van der Waals surface area (Å²) in [5.41, 5.74) is 7.57. The van der Waals surface area contributed by atoms with Crippen LogP contribution in [0.2, 0.25) is 0 Å². The van der Waals surface area contributed by atoms with Gasteiger partial charge in [0.15, 0.2) is 0 Å². The lowest BCUT2D eigenvalue weighted by atomic mass is 9.86. The Morgan fingerprint density at radius 3 is 2.50 bits per heavy atom. The molecular formula is C26H34FN3O2. The Labute approximate surface area is 190 Å². The van der Waals surface area contributed by atoms with Gasteiger partial charge < -0.3 is 16.0 Å². The van der Waals surface area contributed by atoms with Crippen molar-refractivity contribution in [2.45, 2.75) is 52.5 Å². The van der Waals surface area contributed by atoms with Gasteiger partial charge in [0.25, 0.3) is 5.91 Å². The Balaban J connectivity index is 1.75. The fourth-order valence-electron chi connectivity index (χ4n) is 4.20. The highest BCUT2D eigenvalue weighted by molar-refractivity contribution is 6.04. The van der Waals surface area contributed by atoms with Crippen LogP contribution in [0.25, 0.3) is 0 Å². The van der Waals surface area contributed by atoms with E-state index in [9.17, 15) is 14.0 Å². The number of nitrogens with two attached hydrogens (primary N) is 1. The molecule has 0 spiro atoms. The summed E-state index contributed by atoms with van der Waals surface area (Å²) < 4.78 is 13.4. The first-order valence-electron chi connectivity index (χ1n) is 11.4. The molecule has 2 aromatic rings. The van der Waals surface area contributed by atoms with E-state index in [2.05, 4.69) is 19.2 Å². The Hall–Kier alpha value is -2.73. The molecule has 172 valence electrons. The zero-order valence-electron chi connectivity index (χ0n) is 19.1. The third-order valence-electron chi connectivity index (χ3n) is 6.08. The van der Waals surface area contributed by atoms with E-state index in [4.69, 9.17) is 5.73 Å². The van der Waals surface area contributed by atoms with Crippen LogP contribution in [0.5, 0.6) is 0 Å². The second-order valence-corrected chi connectivity index (χ2v) is 9.56. The molecule has 5 nitrogen and oxygen atoms in total. The van der Waals surface area contributed by atoms with Gasteiger partial charge in [0.1, 0.15) is 5.82 Å². The number of hydrogen-bond donors (Lipinski definition) is 2. The van der Waals surface area contributed by atoms with Gasteiger partial charge in [-0.2, -0.15) is 0 Å². The normalized spacial score (nSPS) is 14.8. The summed E-state index contributed by atoms with van der Waals surface area (Å²) >= 11 is 0. The average Bonchev–Trinajstić information content (AvgIpc) is 2.79. The van der Waals surface area contributed by atoms with E-state index in [0.29, 0.717) is 25.3 Å². The van der Waals surface area contributed by atoms with Gasteiger partial charge in [0.05, 0.1) is 0 Å². The molecule has 2 aromatic carbocycles. The number of nitrogens with one attached hydrogen (secondary N) is 1. The van der Waals surface area contributed by atoms with Crippen LogP contribution in [0.3, 0.4) is 0 Å². The molecule has 0 aliphatic heterocycles. The molecule has 0 radical (unpaired) electrons. The minimum Gasteiger partial charge on any atom is -0.338 e. The van der Waals surface area contributed by atoms with Crippen molar-refractivity contribution in [2.75, 3.05) is 18.4 Å². The van der Waals surface area contributed by atoms with Crippen LogP contribution in [0, 0.1) is 17.2 Å². The molecule has 1 aliphatic carbocycles. The highest BCUT2D eigenvalue weighted by Gasteiger charge is 2.30. The van der Waals surface area contributed by atoms with Gasteiger partial charge >= 0.3 is 0 Å². The molecule has 0 saturated heterocycles. The van der Waals surface area contributed by atoms with Gasteiger partial charge in [-0.15, -0.1) is 0 Å². The standard InChI is InChI=1S/C26H34FN3O2/c1-26(2,17-28)18-30(25(32)20-9-4-3-5-10-20)16-19-8-6-13-23(14-19)29-24(31)21-11-7-12-22(27)15-21/h6-8,11-15,20H,3-5,9-10,16-18,28H2,1-2H3,(H,29,31). The number of carbonyl (C=O) groups is 2. The zero-order valence-corrected chi connectivity index (χ0v) is 19.1. The summed E-state index contributed by atoms with van der Waals surface area (Å²) in [4.78, 5) is 27.8. The monoisotopic (exact) mass is 439 g/mol. The first-order valence-corrected chi connectivity index (χ1v) is 11.4. The van der Waals surface area contributed by atoms with Crippen molar-refractivity contribution in [2.24, 2.45) is 17.1 Å². The maximum Gasteiger partial charge on any atom is 0.255 e. The quantitative estimate of drug-likeness (QED) is 0.610. The first-order chi connectivity index (χ1) is 15.3. The van der Waals surface area contributed by atoms with Crippen LogP contribution in [0.4, 0.5) is 10.1 Å². The Morgan fingerprint density at radius 2 is 1.81 bits per heavy atom. The summed E-state index contributed by atoms with van der Waals surface area (Å²) in [6.07, 6.45) is 5.30. The predicted octanol–water partition coefficient (Wildman–Crippen LogP) is 4.97. The maximum atomic E-state index is 13.4. The molecule has 3 rings (SSSR count). The number of carbonyl (C=O) groups excluding carboxylic acids is 2. The van der Waals surface area contributed by atoms with E-state index in [0.717, 1.165) is 31.2 Å². The number of anilines is 1. The van der Waals surface area contributed by atoms with Gasteiger partial charge in [-0.05, 0) is 60.7 Å². The van der Waals surface area contributed by atoms with Crippen LogP contribution in [-0.2, 0) is 11.3 Å². The SMILES string of the molecule is CC(C)(CN)CN(Cc1cccc(NC(=O)c2cccc(F)c2)c1)C(=O)C1CCCCC1. The molecule has 1 saturated carbocycles. The van der Waals surface area contributed by atoms with Gasteiger partial charge in [0, 0.05) is 30.3 Å². The van der Waals surface area contributed by atoms with Crippen molar-refractivity contribution in [3.63, 3.8) is 0 Å². The molecule has 0 bridgehead atoms. The van der Waals surface area contributed by atoms with Gasteiger partial charge in [-0.25, -0.2) is 4.39 Å². The Morgan fingerprint density at radius 1 is 1.09 bits per heavy atom. The molecule has 0 unspecified atom stereocenters. The van der Waals surface area contributed by atoms with Crippen LogP contribution in [0.15, 0.2) is 48.5 Å². The molecule has 0 heterocycles. The topological polar surface area (TPSA) is 75.4 Å². The smallest absolute Gasteiger partial charge is 0.255 e. The summed E-state index contributed by atoms with van der Waals surface area (Å²) in [6.45, 7) is 5.68. The van der Waals surface area contributed by atoms with Gasteiger partial charge in [0.2, 0.25) is 5.91 Å². The highest BCUT2D eigenvalue weighted by atomic mass is 19.1. The maximum absolute atomic E-state index is 13.4. The van der Waals surface area contributed by atoms with E-state index in [1.54, 1.807) is 12.1 Å². The lowest BCUT2D eigenvalue weighted by molar-refractivity contribution is -0.138. The second-order valence-electron chi connectivity index (χ2n) is 9.56. The molecule has 0 aromatic heterocycles. The summed E-state index contributed by atoms with van der Waals surface area (Å²) in [7, 11) is 0. The van der Waals surface area contributed by atoms with Crippen LogP contribution in [0.1, 0.15) is 61.9 Å². The molecule has 6 heteroatoms. The van der Waals surface area contributed by atoms with Crippen molar-refractivity contribution < 1.29 is 14.0 Å². The average molecular weight is 440 g/mol. The van der Waals surface area contributed by atoms with Crippen molar-refractivity contribution in [3.05, 3.63) is 65.5 Å². The number of rotatable bonds is 8. The molecular weight excluding hydrogens is 405 g/mol. The van der Waals surface area contributed by atoms with Gasteiger partial charge in [-0.3, -0.25) is 9.59 Å². The Bertz CT molecular complexity index is 938. The fourth-order valence-corrected chi connectivity index (χ4v) is 4.20. The molecule has 3 N–H and O–H groups in total. The predicted molar refractivity (Wildman–Crippen MR) is 126 cm³/mol. The second kappa shape index (κ2) is 10.7. The molecule has 32 heavy (non-hydrogen) atoms. The van der Waals surface area contributed by atoms with Crippen LogP contribution >= 0.6 is 0 Å². The van der Waals surface area contributed by atoms with Crippen molar-refractivity contribution in [1.29, 1.82) is 0 Å². The number of hydrogen-bond acceptors (Lipinski definition) is 3. The Kier molecular flexibility index (Phi) is 8.02. The van der Waals surface area contributed by atoms with Crippen molar-refractivity contribution >= 4 is 17.5 Å². The van der Waals surface area contributed by atoms with E-state index in [-0.39, 0.29) is 28.7 Å². The third-order valence-corrected chi connectivity index (χ3v) is 6.08. The lowest BCUT2D eigenvalue weighted by Gasteiger charge is -2.35. The minimum atomic E-state index is -0.453. The van der Waals surface area contributed by atoms with E-state index in [1.165, 1.54) is 24.6 Å². The van der Waals surface area contributed by atoms with Crippen molar-refractivity contribution in [3.8, 4) is 0 Å². The summed E-state index contributed by atoms with van der Waals surface area (Å²) in [5.74, 6) is -0.555. The third kappa shape index (κ3) is 6.63. The lowest BCUT2D eigenvalue weighted by Crippen LogP contribution is -2.44. The van der Waals surface area contributed by atoms with E-state index in [1.807, 2.05) is 23.1 Å². The molecule has 0 atom stereocenters. The molecule has 1 aliphatic rings. The molecule has 2 amide bonds. The first kappa shape index (κ1) is 23.9. The largest absolute Gasteiger partial charge is 0.338 e. The van der Waals surface area contributed by atoms with Crippen LogP contribution in [-0.4, -0.2) is 29.8 Å². The minimum absolute atomic E-state index is 0.0770. The number of amides is 2. The fraction of sp³-hybridized carbons (Fsp3) is 0.462. The number of nitrogens with zero attached hydrogens (tertiary/aromatic N) is 1. The summed E-state index contributed by atoms with van der Waals surface area (Å²) in [5, 5.41) is 2.82. The zero-order chi connectivity index (χ0) is 23.1. The molecule has 1 fully saturated rings. The summed E-state index contributed by atoms with van der Waals surface area (Å²) in [6, 6.07) is 13.1. The number of benzene rings is 2. The number of halogens is 1. The van der Waals surface area contributed by atoms with Crippen LogP contribution < -0.4 is 11.1 Å². The highest BCUT2D eigenvalue weighted by Crippen LogP contribution is 2.28. The van der Waals surface area contributed by atoms with E-state index >= 15 is 0 Å². The van der Waals surface area contributed by atoms with Gasteiger partial charge in [-0.1, -0.05) is 51.3 Å². The van der Waals surface area contributed by atoms with Crippen molar-refractivity contribution in [1.82, 2.24) is 4.90 Å².